The summed E-state index contributed by atoms with van der Waals surface area (Å²) in [7, 11) is 2.02. The Morgan fingerprint density at radius 2 is 1.75 bits per heavy atom. The number of nitrogens with zero attached hydrogens (tertiary/aromatic N) is 4. The third kappa shape index (κ3) is 8.43. The molecule has 0 unspecified atom stereocenters. The molecule has 0 bridgehead atoms. The van der Waals surface area contributed by atoms with Crippen LogP contribution in [-0.2, 0) is 9.59 Å². The van der Waals surface area contributed by atoms with Crippen LogP contribution in [-0.4, -0.2) is 89.7 Å². The van der Waals surface area contributed by atoms with Crippen molar-refractivity contribution in [3.63, 3.8) is 0 Å². The van der Waals surface area contributed by atoms with E-state index in [0.717, 1.165) is 45.2 Å². The van der Waals surface area contributed by atoms with Gasteiger partial charge in [-0.3, -0.25) is 20.2 Å². The van der Waals surface area contributed by atoms with Gasteiger partial charge in [-0.2, -0.15) is 0 Å². The third-order valence-electron chi connectivity index (χ3n) is 5.04. The van der Waals surface area contributed by atoms with Crippen LogP contribution in [0.3, 0.4) is 0 Å². The van der Waals surface area contributed by atoms with Crippen LogP contribution >= 0.6 is 0 Å². The van der Waals surface area contributed by atoms with E-state index in [0.29, 0.717) is 37.5 Å². The molecular weight excluding hydrogens is 362 g/mol. The maximum absolute atomic E-state index is 12.9. The number of urea groups is 1. The molecule has 0 spiro atoms. The van der Waals surface area contributed by atoms with Gasteiger partial charge in [-0.25, -0.2) is 14.9 Å². The maximum Gasteiger partial charge on any atom is 0.338 e. The van der Waals surface area contributed by atoms with Crippen molar-refractivity contribution in [2.75, 3.05) is 46.3 Å². The van der Waals surface area contributed by atoms with E-state index >= 15 is 0 Å². The summed E-state index contributed by atoms with van der Waals surface area (Å²) >= 11 is 0. The van der Waals surface area contributed by atoms with Gasteiger partial charge < -0.3 is 9.80 Å². The van der Waals surface area contributed by atoms with E-state index in [-0.39, 0.29) is 18.5 Å². The molecule has 0 aliphatic carbocycles. The van der Waals surface area contributed by atoms with Crippen molar-refractivity contribution in [3.05, 3.63) is 0 Å². The number of hydrogen-bond acceptors (Lipinski definition) is 5. The first-order valence-corrected chi connectivity index (χ1v) is 10.4. The van der Waals surface area contributed by atoms with E-state index in [4.69, 9.17) is 0 Å². The number of unbranched alkanes of at least 4 members (excludes halogenated alkanes) is 3. The molecule has 28 heavy (non-hydrogen) atoms. The summed E-state index contributed by atoms with van der Waals surface area (Å²) in [5, 5.41) is 11.4. The molecule has 0 aromatic rings. The lowest BCUT2D eigenvalue weighted by molar-refractivity contribution is -0.155. The Bertz CT molecular complexity index is 483. The predicted molar refractivity (Wildman–Crippen MR) is 106 cm³/mol. The molecule has 0 aromatic heterocycles. The summed E-state index contributed by atoms with van der Waals surface area (Å²) in [6.07, 6.45) is 5.33. The molecule has 0 aromatic carbocycles. The van der Waals surface area contributed by atoms with Gasteiger partial charge in [0.1, 0.15) is 0 Å². The van der Waals surface area contributed by atoms with E-state index in [2.05, 4.69) is 17.2 Å². The van der Waals surface area contributed by atoms with Gasteiger partial charge in [0.05, 0.1) is 12.5 Å². The van der Waals surface area contributed by atoms with E-state index < -0.39 is 5.92 Å². The number of hydrogen-bond donors (Lipinski definition) is 2. The second-order valence-corrected chi connectivity index (χ2v) is 7.47. The molecule has 1 fully saturated rings. The number of piperazine rings is 1. The van der Waals surface area contributed by atoms with Crippen molar-refractivity contribution in [2.45, 2.75) is 52.4 Å². The molecule has 1 saturated heterocycles. The van der Waals surface area contributed by atoms with Gasteiger partial charge in [0, 0.05) is 32.7 Å². The number of rotatable bonds is 11. The zero-order valence-corrected chi connectivity index (χ0v) is 17.6. The standard InChI is InChI=1S/C19H37N5O4/c1-4-6-8-9-17(15-23(28)16-25)18(26)20-24(10-7-5-2)19(27)22-13-11-21(3)12-14-22/h16-17,28H,4-15H2,1-3H3,(H,20,26)/t17-/m0/s1. The number of amides is 4. The molecule has 1 rings (SSSR count). The average Bonchev–Trinajstić information content (AvgIpc) is 2.70. The molecule has 1 atom stereocenters. The van der Waals surface area contributed by atoms with Crippen LogP contribution in [0.1, 0.15) is 52.4 Å². The second-order valence-electron chi connectivity index (χ2n) is 7.47. The van der Waals surface area contributed by atoms with Gasteiger partial charge in [-0.15, -0.1) is 0 Å². The predicted octanol–water partition coefficient (Wildman–Crippen LogP) is 1.53. The highest BCUT2D eigenvalue weighted by Crippen LogP contribution is 2.13. The van der Waals surface area contributed by atoms with Crippen molar-refractivity contribution in [3.8, 4) is 0 Å². The first-order valence-electron chi connectivity index (χ1n) is 10.4. The molecule has 9 heteroatoms. The summed E-state index contributed by atoms with van der Waals surface area (Å²) in [4.78, 5) is 40.4. The highest BCUT2D eigenvalue weighted by molar-refractivity contribution is 5.83. The summed E-state index contributed by atoms with van der Waals surface area (Å²) < 4.78 is 0. The number of carbonyl (C=O) groups is 3. The topological polar surface area (TPSA) is 96.4 Å². The van der Waals surface area contributed by atoms with Crippen LogP contribution in [0.25, 0.3) is 0 Å². The Morgan fingerprint density at radius 1 is 1.11 bits per heavy atom. The highest BCUT2D eigenvalue weighted by Gasteiger charge is 2.28. The average molecular weight is 400 g/mol. The number of nitrogens with one attached hydrogen (secondary N) is 1. The molecular formula is C19H37N5O4. The van der Waals surface area contributed by atoms with Crippen LogP contribution in [0, 0.1) is 5.92 Å². The first kappa shape index (κ1) is 24.2. The lowest BCUT2D eigenvalue weighted by Crippen LogP contribution is -2.57. The number of hydrazine groups is 1. The van der Waals surface area contributed by atoms with Crippen LogP contribution in [0.15, 0.2) is 0 Å². The third-order valence-corrected chi connectivity index (χ3v) is 5.04. The van der Waals surface area contributed by atoms with Crippen LogP contribution < -0.4 is 5.43 Å². The Kier molecular flexibility index (Phi) is 11.5. The van der Waals surface area contributed by atoms with Gasteiger partial charge in [0.15, 0.2) is 0 Å². The lowest BCUT2D eigenvalue weighted by Gasteiger charge is -2.36. The monoisotopic (exact) mass is 399 g/mol. The Balaban J connectivity index is 2.77. The minimum Gasteiger partial charge on any atom is -0.321 e. The van der Waals surface area contributed by atoms with Gasteiger partial charge in [-0.05, 0) is 19.9 Å². The summed E-state index contributed by atoms with van der Waals surface area (Å²) in [6.45, 7) is 7.32. The van der Waals surface area contributed by atoms with Crippen molar-refractivity contribution >= 4 is 18.3 Å². The van der Waals surface area contributed by atoms with Crippen LogP contribution in [0.4, 0.5) is 4.79 Å². The van der Waals surface area contributed by atoms with Crippen LogP contribution in [0.5, 0.6) is 0 Å². The van der Waals surface area contributed by atoms with E-state index in [1.54, 1.807) is 4.90 Å². The minimum atomic E-state index is -0.564. The summed E-state index contributed by atoms with van der Waals surface area (Å²) in [5.41, 5.74) is 2.75. The molecule has 0 saturated carbocycles. The zero-order chi connectivity index (χ0) is 20.9. The smallest absolute Gasteiger partial charge is 0.321 e. The van der Waals surface area contributed by atoms with Gasteiger partial charge in [0.2, 0.25) is 12.3 Å². The first-order chi connectivity index (χ1) is 13.4. The largest absolute Gasteiger partial charge is 0.338 e. The molecule has 162 valence electrons. The quantitative estimate of drug-likeness (QED) is 0.238. The van der Waals surface area contributed by atoms with E-state index in [1.165, 1.54) is 5.01 Å². The molecule has 9 nitrogen and oxygen atoms in total. The van der Waals surface area contributed by atoms with Crippen molar-refractivity contribution in [2.24, 2.45) is 5.92 Å². The van der Waals surface area contributed by atoms with Crippen molar-refractivity contribution in [1.82, 2.24) is 25.3 Å². The molecule has 1 aliphatic heterocycles. The number of carbonyl (C=O) groups excluding carboxylic acids is 3. The minimum absolute atomic E-state index is 0.0800. The Labute approximate surface area is 168 Å². The van der Waals surface area contributed by atoms with Crippen molar-refractivity contribution in [1.29, 1.82) is 0 Å². The fourth-order valence-electron chi connectivity index (χ4n) is 3.12. The second kappa shape index (κ2) is 13.3. The zero-order valence-electron chi connectivity index (χ0n) is 17.6. The summed E-state index contributed by atoms with van der Waals surface area (Å²) in [5.74, 6) is -0.901. The normalized spacial score (nSPS) is 15.8. The molecule has 1 aliphatic rings. The van der Waals surface area contributed by atoms with E-state index in [9.17, 15) is 19.6 Å². The number of likely N-dealkylation sites (N-methyl/N-ethyl adjacent to an activating group) is 1. The Hall–Kier alpha value is -1.87. The van der Waals surface area contributed by atoms with Gasteiger partial charge in [0.25, 0.3) is 0 Å². The fraction of sp³-hybridized carbons (Fsp3) is 0.842. The molecule has 2 N–H and O–H groups in total. The van der Waals surface area contributed by atoms with Crippen molar-refractivity contribution < 1.29 is 19.6 Å². The van der Waals surface area contributed by atoms with Gasteiger partial charge >= 0.3 is 6.03 Å². The molecule has 1 heterocycles. The lowest BCUT2D eigenvalue weighted by atomic mass is 10.0. The van der Waals surface area contributed by atoms with Gasteiger partial charge in [-0.1, -0.05) is 39.5 Å². The maximum atomic E-state index is 12.9. The Morgan fingerprint density at radius 3 is 2.32 bits per heavy atom. The number of hydroxylamine groups is 2. The summed E-state index contributed by atoms with van der Waals surface area (Å²) in [6, 6.07) is -0.196. The molecule has 4 amide bonds. The molecule has 0 radical (unpaired) electrons. The van der Waals surface area contributed by atoms with E-state index in [1.807, 2.05) is 14.0 Å². The van der Waals surface area contributed by atoms with Crippen LogP contribution in [0.2, 0.25) is 0 Å². The highest BCUT2D eigenvalue weighted by atomic mass is 16.5. The SMILES string of the molecule is CCCCC[C@@H](CN(O)C=O)C(=O)NN(CCCC)C(=O)N1CCN(C)CC1. The fourth-order valence-corrected chi connectivity index (χ4v) is 3.12.